The number of benzene rings is 1. The highest BCUT2D eigenvalue weighted by molar-refractivity contribution is 7.14. The molecule has 136 valence electrons. The highest BCUT2D eigenvalue weighted by Crippen LogP contribution is 2.30. The van der Waals surface area contributed by atoms with E-state index in [1.807, 2.05) is 42.6 Å². The van der Waals surface area contributed by atoms with Crippen LogP contribution in [0.25, 0.3) is 17.0 Å². The van der Waals surface area contributed by atoms with Gasteiger partial charge in [-0.3, -0.25) is 9.20 Å². The van der Waals surface area contributed by atoms with Crippen LogP contribution in [0, 0.1) is 13.8 Å². The predicted octanol–water partition coefficient (Wildman–Crippen LogP) is 4.78. The fraction of sp³-hybridized carbons (Fsp3) is 0.150. The highest BCUT2D eigenvalue weighted by atomic mass is 32.1. The number of thiazole rings is 1. The minimum atomic E-state index is -0.0843. The lowest BCUT2D eigenvalue weighted by molar-refractivity contribution is -0.114. The first-order valence-corrected chi connectivity index (χ1v) is 9.43. The monoisotopic (exact) mass is 377 g/mol. The van der Waals surface area contributed by atoms with Crippen molar-refractivity contribution in [1.29, 1.82) is 0 Å². The summed E-state index contributed by atoms with van der Waals surface area (Å²) in [6, 6.07) is 11.6. The Morgan fingerprint density at radius 3 is 2.52 bits per heavy atom. The summed E-state index contributed by atoms with van der Waals surface area (Å²) in [5.41, 5.74) is 6.64. The molecular formula is C20H19N5OS. The van der Waals surface area contributed by atoms with Gasteiger partial charge in [0.25, 0.3) is 0 Å². The Bertz CT molecular complexity index is 1130. The van der Waals surface area contributed by atoms with E-state index in [1.54, 1.807) is 11.3 Å². The van der Waals surface area contributed by atoms with Gasteiger partial charge < -0.3 is 10.6 Å². The Morgan fingerprint density at radius 1 is 1.04 bits per heavy atom. The van der Waals surface area contributed by atoms with Crippen LogP contribution in [0.5, 0.6) is 0 Å². The van der Waals surface area contributed by atoms with Gasteiger partial charge in [0, 0.05) is 29.9 Å². The first-order valence-electron chi connectivity index (χ1n) is 8.55. The number of nitrogens with one attached hydrogen (secondary N) is 2. The summed E-state index contributed by atoms with van der Waals surface area (Å²) < 4.78 is 2.09. The van der Waals surface area contributed by atoms with Crippen molar-refractivity contribution >= 4 is 39.4 Å². The second kappa shape index (κ2) is 6.85. The zero-order valence-corrected chi connectivity index (χ0v) is 16.1. The molecule has 0 atom stereocenters. The number of hydrogen-bond donors (Lipinski definition) is 2. The molecule has 7 heteroatoms. The van der Waals surface area contributed by atoms with Crippen LogP contribution in [0.3, 0.4) is 0 Å². The van der Waals surface area contributed by atoms with Crippen molar-refractivity contribution in [2.45, 2.75) is 20.8 Å². The molecule has 0 saturated carbocycles. The number of nitrogens with zero attached hydrogens (tertiary/aromatic N) is 3. The third kappa shape index (κ3) is 3.54. The summed E-state index contributed by atoms with van der Waals surface area (Å²) in [5.74, 6) is -0.0843. The topological polar surface area (TPSA) is 71.3 Å². The van der Waals surface area contributed by atoms with E-state index in [0.717, 1.165) is 39.2 Å². The van der Waals surface area contributed by atoms with E-state index in [1.165, 1.54) is 12.5 Å². The van der Waals surface area contributed by atoms with Gasteiger partial charge in [-0.1, -0.05) is 6.07 Å². The molecule has 0 bridgehead atoms. The summed E-state index contributed by atoms with van der Waals surface area (Å²) in [6.07, 6.45) is 2.08. The molecule has 0 unspecified atom stereocenters. The number of imidazole rings is 1. The van der Waals surface area contributed by atoms with Gasteiger partial charge in [-0.25, -0.2) is 9.97 Å². The second-order valence-electron chi connectivity index (χ2n) is 6.40. The average Bonchev–Trinajstić information content (AvgIpc) is 3.19. The lowest BCUT2D eigenvalue weighted by Gasteiger charge is -2.05. The average molecular weight is 377 g/mol. The number of fused-ring (bicyclic) bond motifs is 1. The molecule has 0 spiro atoms. The lowest BCUT2D eigenvalue weighted by Crippen LogP contribution is -2.05. The fourth-order valence-corrected chi connectivity index (χ4v) is 3.70. The fourth-order valence-electron chi connectivity index (χ4n) is 2.98. The second-order valence-corrected chi connectivity index (χ2v) is 7.26. The summed E-state index contributed by atoms with van der Waals surface area (Å²) >= 11 is 1.55. The number of anilines is 3. The molecule has 0 aliphatic heterocycles. The minimum absolute atomic E-state index is 0.0843. The van der Waals surface area contributed by atoms with E-state index < -0.39 is 0 Å². The van der Waals surface area contributed by atoms with E-state index in [2.05, 4.69) is 39.2 Å². The number of aryl methyl sites for hydroxylation is 2. The van der Waals surface area contributed by atoms with E-state index in [4.69, 9.17) is 4.98 Å². The summed E-state index contributed by atoms with van der Waals surface area (Å²) in [6.45, 7) is 5.56. The van der Waals surface area contributed by atoms with E-state index in [-0.39, 0.29) is 5.91 Å². The molecule has 0 aliphatic carbocycles. The normalized spacial score (nSPS) is 10.9. The van der Waals surface area contributed by atoms with Gasteiger partial charge in [-0.2, -0.15) is 0 Å². The van der Waals surface area contributed by atoms with Crippen LogP contribution < -0.4 is 10.6 Å². The molecule has 0 radical (unpaired) electrons. The minimum Gasteiger partial charge on any atom is -0.332 e. The summed E-state index contributed by atoms with van der Waals surface area (Å²) in [4.78, 5) is 20.5. The van der Waals surface area contributed by atoms with Crippen LogP contribution in [0.2, 0.25) is 0 Å². The van der Waals surface area contributed by atoms with E-state index in [9.17, 15) is 4.79 Å². The quantitative estimate of drug-likeness (QED) is 0.537. The van der Waals surface area contributed by atoms with Gasteiger partial charge in [0.2, 0.25) is 5.91 Å². The van der Waals surface area contributed by atoms with Gasteiger partial charge in [-0.05, 0) is 49.7 Å². The van der Waals surface area contributed by atoms with Gasteiger partial charge in [-0.15, -0.1) is 11.3 Å². The van der Waals surface area contributed by atoms with Crippen LogP contribution >= 0.6 is 11.3 Å². The molecule has 0 saturated heterocycles. The van der Waals surface area contributed by atoms with Gasteiger partial charge >= 0.3 is 0 Å². The highest BCUT2D eigenvalue weighted by Gasteiger charge is 2.14. The number of amides is 1. The zero-order valence-electron chi connectivity index (χ0n) is 15.3. The number of rotatable bonds is 4. The predicted molar refractivity (Wildman–Crippen MR) is 110 cm³/mol. The summed E-state index contributed by atoms with van der Waals surface area (Å²) in [7, 11) is 0. The van der Waals surface area contributed by atoms with Crippen LogP contribution in [0.4, 0.5) is 16.5 Å². The molecule has 0 fully saturated rings. The Morgan fingerprint density at radius 2 is 1.78 bits per heavy atom. The van der Waals surface area contributed by atoms with Crippen molar-refractivity contribution in [3.05, 3.63) is 59.2 Å². The van der Waals surface area contributed by atoms with Gasteiger partial charge in [0.15, 0.2) is 5.13 Å². The number of aromatic nitrogens is 3. The Labute approximate surface area is 160 Å². The molecule has 2 N–H and O–H groups in total. The molecule has 3 aromatic heterocycles. The first-order chi connectivity index (χ1) is 13.0. The van der Waals surface area contributed by atoms with Crippen molar-refractivity contribution in [2.24, 2.45) is 0 Å². The van der Waals surface area contributed by atoms with Crippen LogP contribution in [0.1, 0.15) is 18.2 Å². The number of carbonyl (C=O) groups is 1. The van der Waals surface area contributed by atoms with Crippen molar-refractivity contribution < 1.29 is 4.79 Å². The molecule has 1 aromatic carbocycles. The van der Waals surface area contributed by atoms with Crippen molar-refractivity contribution in [2.75, 3.05) is 10.6 Å². The van der Waals surface area contributed by atoms with Crippen LogP contribution in [-0.2, 0) is 4.79 Å². The van der Waals surface area contributed by atoms with E-state index in [0.29, 0.717) is 0 Å². The number of hydrogen-bond acceptors (Lipinski definition) is 5. The van der Waals surface area contributed by atoms with Crippen LogP contribution in [0.15, 0.2) is 48.0 Å². The van der Waals surface area contributed by atoms with Gasteiger partial charge in [0.05, 0.1) is 11.4 Å². The van der Waals surface area contributed by atoms with Crippen LogP contribution in [-0.4, -0.2) is 20.3 Å². The zero-order chi connectivity index (χ0) is 19.0. The molecule has 6 nitrogen and oxygen atoms in total. The van der Waals surface area contributed by atoms with Gasteiger partial charge in [0.1, 0.15) is 11.3 Å². The molecule has 4 rings (SSSR count). The number of carbonyl (C=O) groups excluding carboxylic acids is 1. The third-order valence-corrected chi connectivity index (χ3v) is 4.90. The smallest absolute Gasteiger partial charge is 0.221 e. The molecule has 3 heterocycles. The third-order valence-electron chi connectivity index (χ3n) is 4.14. The Kier molecular flexibility index (Phi) is 4.37. The van der Waals surface area contributed by atoms with Crippen molar-refractivity contribution in [3.63, 3.8) is 0 Å². The molecule has 27 heavy (non-hydrogen) atoms. The Hall–Kier alpha value is -3.19. The molecule has 1 amide bonds. The maximum absolute atomic E-state index is 11.1. The summed E-state index contributed by atoms with van der Waals surface area (Å²) in [5, 5.41) is 8.91. The lowest BCUT2D eigenvalue weighted by atomic mass is 10.2. The largest absolute Gasteiger partial charge is 0.332 e. The standard InChI is InChI=1S/C20H19N5OS/c1-12-4-9-18-21-13(2)19(25(18)10-12)17-11-27-20(24-17)23-16-7-5-15(6-8-16)22-14(3)26/h4-11H,1-3H3,(H,22,26)(H,23,24). The molecule has 4 aromatic rings. The molecule has 0 aliphatic rings. The first kappa shape index (κ1) is 17.2. The van der Waals surface area contributed by atoms with Crippen molar-refractivity contribution in [1.82, 2.24) is 14.4 Å². The number of pyridine rings is 1. The maximum Gasteiger partial charge on any atom is 0.221 e. The van der Waals surface area contributed by atoms with E-state index >= 15 is 0 Å². The maximum atomic E-state index is 11.1. The Balaban J connectivity index is 1.60. The SMILES string of the molecule is CC(=O)Nc1ccc(Nc2nc(-c3c(C)nc4ccc(C)cn34)cs2)cc1. The van der Waals surface area contributed by atoms with Crippen molar-refractivity contribution in [3.8, 4) is 11.4 Å². The molecular weight excluding hydrogens is 358 g/mol.